The first kappa shape index (κ1) is 13.9. The van der Waals surface area contributed by atoms with Crippen molar-refractivity contribution in [2.75, 3.05) is 25.2 Å². The van der Waals surface area contributed by atoms with E-state index in [4.69, 9.17) is 5.11 Å². The summed E-state index contributed by atoms with van der Waals surface area (Å²) in [5.74, 6) is -2.34. The van der Waals surface area contributed by atoms with Crippen molar-refractivity contribution in [2.24, 2.45) is 5.92 Å². The minimum Gasteiger partial charge on any atom is -0.479 e. The van der Waals surface area contributed by atoms with E-state index in [1.807, 2.05) is 0 Å². The molecule has 1 fully saturated rings. The number of methoxy groups -OCH3 is 1. The van der Waals surface area contributed by atoms with Crippen LogP contribution in [-0.2, 0) is 24.2 Å². The molecule has 2 atom stereocenters. The molecule has 17 heavy (non-hydrogen) atoms. The molecule has 1 rings (SSSR count). The van der Waals surface area contributed by atoms with Gasteiger partial charge in [-0.3, -0.25) is 4.79 Å². The molecule has 0 aromatic carbocycles. The number of hydrogen-bond acceptors (Lipinski definition) is 5. The van der Waals surface area contributed by atoms with E-state index in [-0.39, 0.29) is 18.1 Å². The predicted octanol–water partition coefficient (Wildman–Crippen LogP) is -1.36. The molecule has 0 radical (unpaired) electrons. The Bertz CT molecular complexity index is 404. The molecule has 8 heteroatoms. The van der Waals surface area contributed by atoms with E-state index in [9.17, 15) is 18.0 Å². The maximum absolute atomic E-state index is 11.6. The van der Waals surface area contributed by atoms with Gasteiger partial charge in [-0.15, -0.1) is 0 Å². The van der Waals surface area contributed by atoms with Gasteiger partial charge in [-0.2, -0.15) is 0 Å². The molecule has 0 bridgehead atoms. The van der Waals surface area contributed by atoms with Crippen LogP contribution < -0.4 is 5.32 Å². The third-order valence-electron chi connectivity index (χ3n) is 2.62. The first-order valence-electron chi connectivity index (χ1n) is 5.09. The number of carbonyl (C=O) groups is 2. The molecule has 1 amide bonds. The Morgan fingerprint density at radius 2 is 2.18 bits per heavy atom. The number of carboxylic acids is 1. The fourth-order valence-corrected chi connectivity index (χ4v) is 3.35. The SMILES string of the molecule is COC(CNC(=O)C1CCS(=O)(=O)C1)C(=O)O. The standard InChI is InChI=1S/C9H15NO6S/c1-16-7(9(12)13)4-10-8(11)6-2-3-17(14,15)5-6/h6-7H,2-5H2,1H3,(H,10,11)(H,12,13). The third-order valence-corrected chi connectivity index (χ3v) is 4.39. The van der Waals surface area contributed by atoms with Gasteiger partial charge in [0.05, 0.1) is 24.0 Å². The van der Waals surface area contributed by atoms with E-state index in [0.29, 0.717) is 6.42 Å². The largest absolute Gasteiger partial charge is 0.479 e. The van der Waals surface area contributed by atoms with Crippen LogP contribution in [0.1, 0.15) is 6.42 Å². The second kappa shape index (κ2) is 5.46. The van der Waals surface area contributed by atoms with Gasteiger partial charge in [-0.1, -0.05) is 0 Å². The van der Waals surface area contributed by atoms with Crippen molar-refractivity contribution in [2.45, 2.75) is 12.5 Å². The minimum absolute atomic E-state index is 0.0116. The van der Waals surface area contributed by atoms with Crippen molar-refractivity contribution >= 4 is 21.7 Å². The van der Waals surface area contributed by atoms with Crippen LogP contribution in [0.2, 0.25) is 0 Å². The van der Waals surface area contributed by atoms with Crippen LogP contribution in [0.5, 0.6) is 0 Å². The van der Waals surface area contributed by atoms with E-state index in [1.54, 1.807) is 0 Å². The quantitative estimate of drug-likeness (QED) is 0.635. The number of nitrogens with one attached hydrogen (secondary N) is 1. The Morgan fingerprint density at radius 1 is 1.53 bits per heavy atom. The first-order chi connectivity index (χ1) is 7.85. The molecule has 1 heterocycles. The molecular formula is C9H15NO6S. The molecule has 1 saturated heterocycles. The Labute approximate surface area is 99.1 Å². The number of hydrogen-bond donors (Lipinski definition) is 2. The average molecular weight is 265 g/mol. The Balaban J connectivity index is 2.43. The summed E-state index contributed by atoms with van der Waals surface area (Å²) in [5, 5.41) is 11.0. The normalized spacial score (nSPS) is 24.2. The smallest absolute Gasteiger partial charge is 0.334 e. The Morgan fingerprint density at radius 3 is 2.59 bits per heavy atom. The summed E-state index contributed by atoms with van der Waals surface area (Å²) >= 11 is 0. The second-order valence-corrected chi connectivity index (χ2v) is 6.14. The van der Waals surface area contributed by atoms with Gasteiger partial charge in [0.15, 0.2) is 15.9 Å². The highest BCUT2D eigenvalue weighted by Gasteiger charge is 2.33. The van der Waals surface area contributed by atoms with E-state index in [0.717, 1.165) is 0 Å². The molecule has 0 spiro atoms. The molecule has 7 nitrogen and oxygen atoms in total. The van der Waals surface area contributed by atoms with Gasteiger partial charge in [-0.25, -0.2) is 13.2 Å². The monoisotopic (exact) mass is 265 g/mol. The Hall–Kier alpha value is -1.15. The van der Waals surface area contributed by atoms with E-state index in [1.165, 1.54) is 7.11 Å². The maximum Gasteiger partial charge on any atom is 0.334 e. The number of sulfone groups is 1. The topological polar surface area (TPSA) is 110 Å². The third kappa shape index (κ3) is 3.97. The fourth-order valence-electron chi connectivity index (χ4n) is 1.61. The van der Waals surface area contributed by atoms with Gasteiger partial charge in [0.2, 0.25) is 5.91 Å². The van der Waals surface area contributed by atoms with Gasteiger partial charge in [0.1, 0.15) is 0 Å². The molecule has 2 unspecified atom stereocenters. The first-order valence-corrected chi connectivity index (χ1v) is 6.91. The summed E-state index contributed by atoms with van der Waals surface area (Å²) in [6, 6.07) is 0. The van der Waals surface area contributed by atoms with Crippen molar-refractivity contribution in [1.29, 1.82) is 0 Å². The Kier molecular flexibility index (Phi) is 4.47. The number of carboxylic acid groups (broad SMARTS) is 1. The lowest BCUT2D eigenvalue weighted by Crippen LogP contribution is -2.40. The van der Waals surface area contributed by atoms with Crippen LogP contribution in [0.4, 0.5) is 0 Å². The van der Waals surface area contributed by atoms with Crippen LogP contribution >= 0.6 is 0 Å². The fraction of sp³-hybridized carbons (Fsp3) is 0.778. The zero-order valence-electron chi connectivity index (χ0n) is 9.38. The highest BCUT2D eigenvalue weighted by molar-refractivity contribution is 7.91. The molecule has 1 aliphatic heterocycles. The lowest BCUT2D eigenvalue weighted by molar-refractivity contribution is -0.148. The van der Waals surface area contributed by atoms with Crippen molar-refractivity contribution in [3.63, 3.8) is 0 Å². The highest BCUT2D eigenvalue weighted by atomic mass is 32.2. The number of aliphatic carboxylic acids is 1. The molecular weight excluding hydrogens is 250 g/mol. The number of rotatable bonds is 5. The van der Waals surface area contributed by atoms with Crippen LogP contribution in [0.25, 0.3) is 0 Å². The average Bonchev–Trinajstić information content (AvgIpc) is 2.59. The molecule has 1 aliphatic rings. The van der Waals surface area contributed by atoms with E-state index < -0.39 is 33.7 Å². The van der Waals surface area contributed by atoms with E-state index in [2.05, 4.69) is 10.1 Å². The molecule has 0 aliphatic carbocycles. The molecule has 0 aromatic heterocycles. The van der Waals surface area contributed by atoms with Gasteiger partial charge < -0.3 is 15.2 Å². The van der Waals surface area contributed by atoms with E-state index >= 15 is 0 Å². The highest BCUT2D eigenvalue weighted by Crippen LogP contribution is 2.18. The summed E-state index contributed by atoms with van der Waals surface area (Å²) in [7, 11) is -1.88. The van der Waals surface area contributed by atoms with Crippen molar-refractivity contribution in [3.05, 3.63) is 0 Å². The van der Waals surface area contributed by atoms with Gasteiger partial charge in [0.25, 0.3) is 0 Å². The number of ether oxygens (including phenoxy) is 1. The lowest BCUT2D eigenvalue weighted by atomic mass is 10.1. The second-order valence-electron chi connectivity index (χ2n) is 3.91. The summed E-state index contributed by atoms with van der Waals surface area (Å²) in [4.78, 5) is 22.1. The summed E-state index contributed by atoms with van der Waals surface area (Å²) in [6.07, 6.45) is -0.823. The maximum atomic E-state index is 11.6. The van der Waals surface area contributed by atoms with Crippen LogP contribution in [0.15, 0.2) is 0 Å². The van der Waals surface area contributed by atoms with Gasteiger partial charge in [-0.05, 0) is 6.42 Å². The van der Waals surface area contributed by atoms with Crippen LogP contribution in [-0.4, -0.2) is 56.7 Å². The van der Waals surface area contributed by atoms with Crippen molar-refractivity contribution in [3.8, 4) is 0 Å². The van der Waals surface area contributed by atoms with Crippen LogP contribution in [0.3, 0.4) is 0 Å². The minimum atomic E-state index is -3.11. The molecule has 2 N–H and O–H groups in total. The van der Waals surface area contributed by atoms with Gasteiger partial charge >= 0.3 is 5.97 Å². The number of carbonyl (C=O) groups excluding carboxylic acids is 1. The predicted molar refractivity (Wildman–Crippen MR) is 58.2 cm³/mol. The molecule has 0 saturated carbocycles. The summed E-state index contributed by atoms with van der Waals surface area (Å²) in [5.41, 5.74) is 0. The number of amides is 1. The molecule has 0 aromatic rings. The summed E-state index contributed by atoms with van der Waals surface area (Å²) in [6.45, 7) is -0.165. The molecule has 98 valence electrons. The zero-order chi connectivity index (χ0) is 13.1. The van der Waals surface area contributed by atoms with Crippen molar-refractivity contribution < 1.29 is 27.9 Å². The van der Waals surface area contributed by atoms with Crippen LogP contribution in [0, 0.1) is 5.92 Å². The lowest BCUT2D eigenvalue weighted by Gasteiger charge is -2.13. The summed E-state index contributed by atoms with van der Waals surface area (Å²) < 4.78 is 26.9. The van der Waals surface area contributed by atoms with Gasteiger partial charge in [0, 0.05) is 7.11 Å². The zero-order valence-corrected chi connectivity index (χ0v) is 10.2. The van der Waals surface area contributed by atoms with Crippen molar-refractivity contribution in [1.82, 2.24) is 5.32 Å².